The van der Waals surface area contributed by atoms with Crippen LogP contribution in [0.15, 0.2) is 0 Å². The van der Waals surface area contributed by atoms with E-state index in [2.05, 4.69) is 41.5 Å². The van der Waals surface area contributed by atoms with Crippen LogP contribution in [0.1, 0.15) is 99.3 Å². The van der Waals surface area contributed by atoms with Gasteiger partial charge in [0, 0.05) is 0 Å². The molecule has 0 aromatic heterocycles. The van der Waals surface area contributed by atoms with Crippen LogP contribution in [0.3, 0.4) is 0 Å². The Balaban J connectivity index is 3.80. The van der Waals surface area contributed by atoms with Crippen molar-refractivity contribution in [3.05, 3.63) is 0 Å². The fourth-order valence-corrected chi connectivity index (χ4v) is 3.05. The Morgan fingerprint density at radius 3 is 1.79 bits per heavy atom. The van der Waals surface area contributed by atoms with Crippen molar-refractivity contribution in [2.24, 2.45) is 23.7 Å². The lowest BCUT2D eigenvalue weighted by Crippen LogP contribution is -2.11. The zero-order valence-electron chi connectivity index (χ0n) is 14.7. The molecule has 0 aromatic carbocycles. The number of unbranched alkanes of at least 4 members (excludes halogenated alkanes) is 1. The molecule has 0 amide bonds. The van der Waals surface area contributed by atoms with E-state index in [1.54, 1.807) is 0 Å². The third-order valence-electron chi connectivity index (χ3n) is 4.97. The fourth-order valence-electron chi connectivity index (χ4n) is 3.05. The minimum Gasteiger partial charge on any atom is -0.0654 e. The summed E-state index contributed by atoms with van der Waals surface area (Å²) in [6.45, 7) is 14.3. The van der Waals surface area contributed by atoms with Crippen molar-refractivity contribution < 1.29 is 0 Å². The molecule has 0 saturated heterocycles. The van der Waals surface area contributed by atoms with Crippen molar-refractivity contribution in [1.29, 1.82) is 0 Å². The Bertz CT molecular complexity index is 182. The quantitative estimate of drug-likeness (QED) is 0.332. The maximum Gasteiger partial charge on any atom is -0.0391 e. The van der Waals surface area contributed by atoms with Gasteiger partial charge in [0.1, 0.15) is 0 Å². The highest BCUT2D eigenvalue weighted by molar-refractivity contribution is 4.66. The predicted molar refractivity (Wildman–Crippen MR) is 89.6 cm³/mol. The van der Waals surface area contributed by atoms with Gasteiger partial charge in [-0.05, 0) is 30.1 Å². The zero-order chi connectivity index (χ0) is 14.7. The van der Waals surface area contributed by atoms with E-state index in [9.17, 15) is 0 Å². The van der Waals surface area contributed by atoms with Crippen molar-refractivity contribution in [2.75, 3.05) is 0 Å². The molecule has 3 unspecified atom stereocenters. The van der Waals surface area contributed by atoms with Gasteiger partial charge in [-0.25, -0.2) is 0 Å². The second kappa shape index (κ2) is 11.8. The molecule has 0 N–H and O–H groups in total. The molecule has 0 saturated carbocycles. The molecule has 3 atom stereocenters. The first-order valence-corrected chi connectivity index (χ1v) is 9.01. The van der Waals surface area contributed by atoms with Crippen LogP contribution in [-0.4, -0.2) is 0 Å². The summed E-state index contributed by atoms with van der Waals surface area (Å²) in [6.07, 6.45) is 12.8. The number of hydrogen-bond acceptors (Lipinski definition) is 0. The molecule has 0 bridgehead atoms. The molecule has 116 valence electrons. The van der Waals surface area contributed by atoms with Gasteiger partial charge < -0.3 is 0 Å². The van der Waals surface area contributed by atoms with Crippen LogP contribution in [0, 0.1) is 23.7 Å². The first-order chi connectivity index (χ1) is 9.01. The SMILES string of the molecule is CCCC(C)CCC(CCCCC(C)CC)C(C)C. The van der Waals surface area contributed by atoms with Crippen molar-refractivity contribution in [2.45, 2.75) is 99.3 Å². The lowest BCUT2D eigenvalue weighted by Gasteiger charge is -2.23. The highest BCUT2D eigenvalue weighted by Crippen LogP contribution is 2.27. The molecule has 0 aliphatic rings. The summed E-state index contributed by atoms with van der Waals surface area (Å²) in [6, 6.07) is 0. The lowest BCUT2D eigenvalue weighted by atomic mass is 9.83. The van der Waals surface area contributed by atoms with Crippen LogP contribution in [0.2, 0.25) is 0 Å². The second-order valence-corrected chi connectivity index (χ2v) is 7.27. The molecule has 0 heterocycles. The standard InChI is InChI=1S/C19H40/c1-7-11-18(6)14-15-19(16(3)4)13-10-9-12-17(5)8-2/h16-19H,7-15H2,1-6H3. The largest absolute Gasteiger partial charge is 0.0654 e. The Kier molecular flexibility index (Phi) is 11.8. The summed E-state index contributed by atoms with van der Waals surface area (Å²) in [5, 5.41) is 0. The van der Waals surface area contributed by atoms with E-state index in [0.29, 0.717) is 0 Å². The van der Waals surface area contributed by atoms with Crippen LogP contribution < -0.4 is 0 Å². The van der Waals surface area contributed by atoms with Crippen molar-refractivity contribution in [3.8, 4) is 0 Å². The molecule has 0 aromatic rings. The molecule has 0 radical (unpaired) electrons. The maximum absolute atomic E-state index is 2.43. The van der Waals surface area contributed by atoms with Crippen molar-refractivity contribution >= 4 is 0 Å². The van der Waals surface area contributed by atoms with Gasteiger partial charge in [-0.3, -0.25) is 0 Å². The Hall–Kier alpha value is 0. The van der Waals surface area contributed by atoms with E-state index in [1.165, 1.54) is 57.8 Å². The molecule has 0 aliphatic heterocycles. The van der Waals surface area contributed by atoms with E-state index in [-0.39, 0.29) is 0 Å². The van der Waals surface area contributed by atoms with E-state index in [1.807, 2.05) is 0 Å². The number of rotatable bonds is 12. The first-order valence-electron chi connectivity index (χ1n) is 9.01. The van der Waals surface area contributed by atoms with Gasteiger partial charge in [-0.2, -0.15) is 0 Å². The van der Waals surface area contributed by atoms with Gasteiger partial charge >= 0.3 is 0 Å². The third kappa shape index (κ3) is 10.4. The van der Waals surface area contributed by atoms with Gasteiger partial charge in [-0.15, -0.1) is 0 Å². The molecular formula is C19H40. The Labute approximate surface area is 123 Å². The van der Waals surface area contributed by atoms with Gasteiger partial charge in [0.05, 0.1) is 0 Å². The van der Waals surface area contributed by atoms with Crippen LogP contribution in [0.25, 0.3) is 0 Å². The van der Waals surface area contributed by atoms with E-state index < -0.39 is 0 Å². The molecule has 0 spiro atoms. The van der Waals surface area contributed by atoms with Crippen molar-refractivity contribution in [1.82, 2.24) is 0 Å². The second-order valence-electron chi connectivity index (χ2n) is 7.27. The summed E-state index contributed by atoms with van der Waals surface area (Å²) < 4.78 is 0. The highest BCUT2D eigenvalue weighted by Gasteiger charge is 2.14. The molecule has 19 heavy (non-hydrogen) atoms. The average molecular weight is 269 g/mol. The van der Waals surface area contributed by atoms with Gasteiger partial charge in [-0.1, -0.05) is 92.9 Å². The summed E-state index contributed by atoms with van der Waals surface area (Å²) >= 11 is 0. The first kappa shape index (κ1) is 19.0. The topological polar surface area (TPSA) is 0 Å². The van der Waals surface area contributed by atoms with E-state index in [4.69, 9.17) is 0 Å². The Morgan fingerprint density at radius 1 is 0.632 bits per heavy atom. The average Bonchev–Trinajstić information content (AvgIpc) is 2.37. The minimum atomic E-state index is 0.873. The lowest BCUT2D eigenvalue weighted by molar-refractivity contribution is 0.291. The number of hydrogen-bond donors (Lipinski definition) is 0. The summed E-state index contributed by atoms with van der Waals surface area (Å²) in [7, 11) is 0. The molecule has 0 heteroatoms. The third-order valence-corrected chi connectivity index (χ3v) is 4.97. The normalized spacial score (nSPS) is 16.6. The summed E-state index contributed by atoms with van der Waals surface area (Å²) in [4.78, 5) is 0. The minimum absolute atomic E-state index is 0.873. The fraction of sp³-hybridized carbons (Fsp3) is 1.00. The summed E-state index contributed by atoms with van der Waals surface area (Å²) in [5.74, 6) is 3.71. The predicted octanol–water partition coefficient (Wildman–Crippen LogP) is 7.08. The maximum atomic E-state index is 2.43. The molecule has 0 aliphatic carbocycles. The van der Waals surface area contributed by atoms with Gasteiger partial charge in [0.25, 0.3) is 0 Å². The molecule has 0 rings (SSSR count). The Morgan fingerprint density at radius 2 is 1.26 bits per heavy atom. The molecule has 0 fully saturated rings. The molecule has 0 nitrogen and oxygen atoms in total. The zero-order valence-corrected chi connectivity index (χ0v) is 14.7. The van der Waals surface area contributed by atoms with Crippen LogP contribution in [0.4, 0.5) is 0 Å². The van der Waals surface area contributed by atoms with Crippen LogP contribution in [0.5, 0.6) is 0 Å². The molecular weight excluding hydrogens is 228 g/mol. The van der Waals surface area contributed by atoms with Crippen LogP contribution in [-0.2, 0) is 0 Å². The monoisotopic (exact) mass is 268 g/mol. The van der Waals surface area contributed by atoms with E-state index >= 15 is 0 Å². The van der Waals surface area contributed by atoms with Crippen molar-refractivity contribution in [3.63, 3.8) is 0 Å². The smallest absolute Gasteiger partial charge is 0.0391 e. The van der Waals surface area contributed by atoms with E-state index in [0.717, 1.165) is 23.7 Å². The van der Waals surface area contributed by atoms with Gasteiger partial charge in [0.15, 0.2) is 0 Å². The van der Waals surface area contributed by atoms with Crippen LogP contribution >= 0.6 is 0 Å². The highest BCUT2D eigenvalue weighted by atomic mass is 14.2. The van der Waals surface area contributed by atoms with Gasteiger partial charge in [0.2, 0.25) is 0 Å². The summed E-state index contributed by atoms with van der Waals surface area (Å²) in [5.41, 5.74) is 0.